The first-order valence-electron chi connectivity index (χ1n) is 4.10. The summed E-state index contributed by atoms with van der Waals surface area (Å²) < 4.78 is 12.8. The maximum atomic E-state index is 12.8. The largest absolute Gasteiger partial charge is 0.298 e. The Bertz CT molecular complexity index is 462. The van der Waals surface area contributed by atoms with Crippen molar-refractivity contribution in [2.45, 2.75) is 0 Å². The van der Waals surface area contributed by atoms with Gasteiger partial charge in [-0.2, -0.15) is 0 Å². The topological polar surface area (TPSA) is 17.1 Å². The molecule has 0 spiro atoms. The van der Waals surface area contributed by atoms with Gasteiger partial charge in [0, 0.05) is 21.4 Å². The number of hydrogen-bond donors (Lipinski definition) is 0. The lowest BCUT2D eigenvalue weighted by Crippen LogP contribution is -1.83. The van der Waals surface area contributed by atoms with E-state index in [-0.39, 0.29) is 5.82 Å². The standard InChI is InChI=1S/C11H7FOS/c12-9-5-11(14-7-9)10-4-2-1-3-8(10)6-13/h1-7H. The molecule has 0 saturated carbocycles. The van der Waals surface area contributed by atoms with E-state index in [4.69, 9.17) is 0 Å². The minimum atomic E-state index is -0.259. The summed E-state index contributed by atoms with van der Waals surface area (Å²) in [7, 11) is 0. The number of carbonyl (C=O) groups is 1. The third-order valence-corrected chi connectivity index (χ3v) is 2.86. The van der Waals surface area contributed by atoms with Crippen molar-refractivity contribution in [2.75, 3.05) is 0 Å². The summed E-state index contributed by atoms with van der Waals surface area (Å²) in [5.74, 6) is -0.259. The van der Waals surface area contributed by atoms with Crippen LogP contribution >= 0.6 is 11.3 Å². The molecule has 1 aromatic carbocycles. The molecule has 1 nitrogen and oxygen atoms in total. The summed E-state index contributed by atoms with van der Waals surface area (Å²) in [6.07, 6.45) is 0.785. The second-order valence-electron chi connectivity index (χ2n) is 2.83. The molecular weight excluding hydrogens is 199 g/mol. The third-order valence-electron chi connectivity index (χ3n) is 1.92. The highest BCUT2D eigenvalue weighted by Crippen LogP contribution is 2.28. The van der Waals surface area contributed by atoms with Gasteiger partial charge < -0.3 is 0 Å². The van der Waals surface area contributed by atoms with Crippen molar-refractivity contribution in [3.05, 3.63) is 47.1 Å². The van der Waals surface area contributed by atoms with Crippen molar-refractivity contribution in [2.24, 2.45) is 0 Å². The normalized spacial score (nSPS) is 10.1. The Morgan fingerprint density at radius 3 is 2.71 bits per heavy atom. The van der Waals surface area contributed by atoms with Crippen LogP contribution in [-0.2, 0) is 0 Å². The molecule has 0 atom stereocenters. The highest BCUT2D eigenvalue weighted by atomic mass is 32.1. The Kier molecular flexibility index (Phi) is 2.41. The number of aldehydes is 1. The van der Waals surface area contributed by atoms with Gasteiger partial charge in [0.15, 0.2) is 6.29 Å². The highest BCUT2D eigenvalue weighted by molar-refractivity contribution is 7.13. The molecule has 0 aliphatic carbocycles. The zero-order valence-corrected chi connectivity index (χ0v) is 8.05. The van der Waals surface area contributed by atoms with E-state index in [1.165, 1.54) is 22.8 Å². The first kappa shape index (κ1) is 9.09. The van der Waals surface area contributed by atoms with Gasteiger partial charge in [-0.15, -0.1) is 11.3 Å². The van der Waals surface area contributed by atoms with Crippen LogP contribution in [0.15, 0.2) is 35.7 Å². The third kappa shape index (κ3) is 1.59. The fraction of sp³-hybridized carbons (Fsp3) is 0. The summed E-state index contributed by atoms with van der Waals surface area (Å²) in [6.45, 7) is 0. The van der Waals surface area contributed by atoms with Crippen LogP contribution < -0.4 is 0 Å². The number of benzene rings is 1. The molecule has 1 aromatic heterocycles. The Hall–Kier alpha value is -1.48. The Balaban J connectivity index is 2.55. The van der Waals surface area contributed by atoms with Crippen LogP contribution in [0.2, 0.25) is 0 Å². The first-order valence-corrected chi connectivity index (χ1v) is 4.98. The number of carbonyl (C=O) groups excluding carboxylic acids is 1. The zero-order valence-electron chi connectivity index (χ0n) is 7.24. The molecule has 0 amide bonds. The average Bonchev–Trinajstić information content (AvgIpc) is 2.65. The van der Waals surface area contributed by atoms with Crippen LogP contribution in [0.4, 0.5) is 4.39 Å². The predicted octanol–water partition coefficient (Wildman–Crippen LogP) is 3.37. The number of thiophene rings is 1. The molecule has 0 unspecified atom stereocenters. The van der Waals surface area contributed by atoms with Gasteiger partial charge in [0.1, 0.15) is 5.82 Å². The van der Waals surface area contributed by atoms with Crippen LogP contribution in [-0.4, -0.2) is 6.29 Å². The summed E-state index contributed by atoms with van der Waals surface area (Å²) in [5, 5.41) is 1.43. The Labute approximate surface area is 84.8 Å². The quantitative estimate of drug-likeness (QED) is 0.688. The molecule has 1 heterocycles. The van der Waals surface area contributed by atoms with Gasteiger partial charge in [-0.25, -0.2) is 4.39 Å². The van der Waals surface area contributed by atoms with E-state index in [1.54, 1.807) is 12.1 Å². The fourth-order valence-corrected chi connectivity index (χ4v) is 2.08. The molecule has 14 heavy (non-hydrogen) atoms. The first-order chi connectivity index (χ1) is 6.81. The summed E-state index contributed by atoms with van der Waals surface area (Å²) in [4.78, 5) is 11.5. The lowest BCUT2D eigenvalue weighted by molar-refractivity contribution is 0.112. The van der Waals surface area contributed by atoms with Crippen LogP contribution in [0.5, 0.6) is 0 Å². The second kappa shape index (κ2) is 3.72. The summed E-state index contributed by atoms with van der Waals surface area (Å²) in [5.41, 5.74) is 1.38. The van der Waals surface area contributed by atoms with Crippen LogP contribution in [0.25, 0.3) is 10.4 Å². The molecule has 0 aliphatic heterocycles. The van der Waals surface area contributed by atoms with E-state index in [9.17, 15) is 9.18 Å². The van der Waals surface area contributed by atoms with Crippen molar-refractivity contribution in [1.29, 1.82) is 0 Å². The van der Waals surface area contributed by atoms with Crippen molar-refractivity contribution >= 4 is 17.6 Å². The van der Waals surface area contributed by atoms with Crippen LogP contribution in [0.1, 0.15) is 10.4 Å². The lowest BCUT2D eigenvalue weighted by Gasteiger charge is -1.99. The van der Waals surface area contributed by atoms with Crippen molar-refractivity contribution in [1.82, 2.24) is 0 Å². The fourth-order valence-electron chi connectivity index (χ4n) is 1.28. The molecule has 3 heteroatoms. The van der Waals surface area contributed by atoms with Gasteiger partial charge in [-0.05, 0) is 6.07 Å². The van der Waals surface area contributed by atoms with E-state index in [0.717, 1.165) is 16.7 Å². The molecular formula is C11H7FOS. The van der Waals surface area contributed by atoms with Crippen molar-refractivity contribution in [3.8, 4) is 10.4 Å². The van der Waals surface area contributed by atoms with Gasteiger partial charge in [0.25, 0.3) is 0 Å². The van der Waals surface area contributed by atoms with E-state index in [1.807, 2.05) is 12.1 Å². The molecule has 2 rings (SSSR count). The second-order valence-corrected chi connectivity index (χ2v) is 3.75. The molecule has 0 saturated heterocycles. The molecule has 70 valence electrons. The number of rotatable bonds is 2. The van der Waals surface area contributed by atoms with Gasteiger partial charge >= 0.3 is 0 Å². The van der Waals surface area contributed by atoms with Crippen molar-refractivity contribution < 1.29 is 9.18 Å². The van der Waals surface area contributed by atoms with Gasteiger partial charge in [0.05, 0.1) is 0 Å². The SMILES string of the molecule is O=Cc1ccccc1-c1cc(F)cs1. The zero-order chi connectivity index (χ0) is 9.97. The van der Waals surface area contributed by atoms with E-state index < -0.39 is 0 Å². The maximum Gasteiger partial charge on any atom is 0.150 e. The highest BCUT2D eigenvalue weighted by Gasteiger charge is 2.06. The minimum Gasteiger partial charge on any atom is -0.298 e. The van der Waals surface area contributed by atoms with E-state index >= 15 is 0 Å². The summed E-state index contributed by atoms with van der Waals surface area (Å²) in [6, 6.07) is 8.60. The summed E-state index contributed by atoms with van der Waals surface area (Å²) >= 11 is 1.30. The molecule has 0 bridgehead atoms. The molecule has 0 fully saturated rings. The Morgan fingerprint density at radius 2 is 2.07 bits per heavy atom. The van der Waals surface area contributed by atoms with Crippen LogP contribution in [0.3, 0.4) is 0 Å². The Morgan fingerprint density at radius 1 is 1.29 bits per heavy atom. The molecule has 2 aromatic rings. The van der Waals surface area contributed by atoms with E-state index in [0.29, 0.717) is 5.56 Å². The average molecular weight is 206 g/mol. The van der Waals surface area contributed by atoms with Gasteiger partial charge in [0.2, 0.25) is 0 Å². The number of hydrogen-bond acceptors (Lipinski definition) is 2. The van der Waals surface area contributed by atoms with Crippen molar-refractivity contribution in [3.63, 3.8) is 0 Å². The van der Waals surface area contributed by atoms with E-state index in [2.05, 4.69) is 0 Å². The molecule has 0 aliphatic rings. The monoisotopic (exact) mass is 206 g/mol. The van der Waals surface area contributed by atoms with Gasteiger partial charge in [-0.3, -0.25) is 4.79 Å². The number of halogens is 1. The predicted molar refractivity (Wildman–Crippen MR) is 55.1 cm³/mol. The minimum absolute atomic E-state index is 0.259. The lowest BCUT2D eigenvalue weighted by atomic mass is 10.1. The van der Waals surface area contributed by atoms with Crippen LogP contribution in [0, 0.1) is 5.82 Å². The smallest absolute Gasteiger partial charge is 0.150 e. The van der Waals surface area contributed by atoms with Gasteiger partial charge in [-0.1, -0.05) is 24.3 Å². The molecule has 0 radical (unpaired) electrons. The maximum absolute atomic E-state index is 12.8. The molecule has 0 N–H and O–H groups in total.